The summed E-state index contributed by atoms with van der Waals surface area (Å²) in [6, 6.07) is 10.5. The molecular weight excluding hydrogens is 218 g/mol. The highest BCUT2D eigenvalue weighted by Crippen LogP contribution is 2.30. The third-order valence-corrected chi connectivity index (χ3v) is 4.07. The fourth-order valence-corrected chi connectivity index (χ4v) is 3.05. The van der Waals surface area contributed by atoms with Gasteiger partial charge in [0, 0.05) is 10.9 Å². The van der Waals surface area contributed by atoms with E-state index in [0.717, 1.165) is 24.1 Å². The van der Waals surface area contributed by atoms with Crippen molar-refractivity contribution in [1.29, 1.82) is 0 Å². The highest BCUT2D eigenvalue weighted by molar-refractivity contribution is 7.97. The molecule has 0 bridgehead atoms. The third kappa shape index (κ3) is 3.01. The molecule has 2 rings (SSSR count). The SMILES string of the molecule is O=CN(Sc1ccccc1)C1CCCCC1. The average molecular weight is 235 g/mol. The van der Waals surface area contributed by atoms with Crippen LogP contribution < -0.4 is 0 Å². The van der Waals surface area contributed by atoms with E-state index in [4.69, 9.17) is 0 Å². The molecule has 1 aliphatic rings. The summed E-state index contributed by atoms with van der Waals surface area (Å²) >= 11 is 1.56. The number of benzene rings is 1. The van der Waals surface area contributed by atoms with Crippen molar-refractivity contribution in [2.24, 2.45) is 0 Å². The van der Waals surface area contributed by atoms with Crippen molar-refractivity contribution in [3.05, 3.63) is 30.3 Å². The maximum Gasteiger partial charge on any atom is 0.220 e. The Bertz CT molecular complexity index is 322. The van der Waals surface area contributed by atoms with Gasteiger partial charge < -0.3 is 0 Å². The van der Waals surface area contributed by atoms with Crippen molar-refractivity contribution in [3.8, 4) is 0 Å². The van der Waals surface area contributed by atoms with Crippen LogP contribution >= 0.6 is 11.9 Å². The lowest BCUT2D eigenvalue weighted by molar-refractivity contribution is -0.115. The van der Waals surface area contributed by atoms with E-state index in [1.807, 2.05) is 34.6 Å². The van der Waals surface area contributed by atoms with Gasteiger partial charge in [0.2, 0.25) is 6.41 Å². The van der Waals surface area contributed by atoms with Crippen molar-refractivity contribution in [2.45, 2.75) is 43.0 Å². The molecule has 1 aromatic carbocycles. The van der Waals surface area contributed by atoms with Gasteiger partial charge in [0.25, 0.3) is 0 Å². The lowest BCUT2D eigenvalue weighted by atomic mass is 9.96. The largest absolute Gasteiger partial charge is 0.282 e. The molecule has 0 heterocycles. The minimum Gasteiger partial charge on any atom is -0.282 e. The molecule has 16 heavy (non-hydrogen) atoms. The lowest BCUT2D eigenvalue weighted by Crippen LogP contribution is -2.30. The van der Waals surface area contributed by atoms with E-state index >= 15 is 0 Å². The Labute approximate surface area is 101 Å². The van der Waals surface area contributed by atoms with E-state index < -0.39 is 0 Å². The monoisotopic (exact) mass is 235 g/mol. The van der Waals surface area contributed by atoms with Crippen LogP contribution in [0.5, 0.6) is 0 Å². The molecule has 0 aromatic heterocycles. The number of hydrogen-bond acceptors (Lipinski definition) is 2. The van der Waals surface area contributed by atoms with Gasteiger partial charge >= 0.3 is 0 Å². The second-order valence-electron chi connectivity index (χ2n) is 4.16. The molecule has 1 fully saturated rings. The Morgan fingerprint density at radius 2 is 1.81 bits per heavy atom. The second kappa shape index (κ2) is 5.94. The Balaban J connectivity index is 1.97. The molecule has 1 amide bonds. The average Bonchev–Trinajstić information content (AvgIpc) is 2.38. The van der Waals surface area contributed by atoms with E-state index in [-0.39, 0.29) is 0 Å². The third-order valence-electron chi connectivity index (χ3n) is 2.99. The number of amides is 1. The van der Waals surface area contributed by atoms with Crippen molar-refractivity contribution in [1.82, 2.24) is 4.31 Å². The zero-order chi connectivity index (χ0) is 11.2. The fourth-order valence-electron chi connectivity index (χ4n) is 2.12. The molecule has 2 nitrogen and oxygen atoms in total. The van der Waals surface area contributed by atoms with Gasteiger partial charge in [0.15, 0.2) is 0 Å². The van der Waals surface area contributed by atoms with Crippen LogP contribution in [-0.2, 0) is 4.79 Å². The Hall–Kier alpha value is -0.960. The van der Waals surface area contributed by atoms with Gasteiger partial charge in [0.1, 0.15) is 0 Å². The lowest BCUT2D eigenvalue weighted by Gasteiger charge is -2.30. The van der Waals surface area contributed by atoms with E-state index in [2.05, 4.69) is 0 Å². The van der Waals surface area contributed by atoms with Crippen LogP contribution in [0.2, 0.25) is 0 Å². The molecule has 0 spiro atoms. The number of nitrogens with zero attached hydrogens (tertiary/aromatic N) is 1. The summed E-state index contributed by atoms with van der Waals surface area (Å²) in [5, 5.41) is 0. The summed E-state index contributed by atoms with van der Waals surface area (Å²) in [5.74, 6) is 0. The quantitative estimate of drug-likeness (QED) is 0.588. The van der Waals surface area contributed by atoms with Crippen LogP contribution in [0.15, 0.2) is 35.2 Å². The summed E-state index contributed by atoms with van der Waals surface area (Å²) in [4.78, 5) is 12.3. The maximum atomic E-state index is 11.1. The summed E-state index contributed by atoms with van der Waals surface area (Å²) < 4.78 is 1.88. The normalized spacial score (nSPS) is 17.0. The first-order valence-electron chi connectivity index (χ1n) is 5.87. The van der Waals surface area contributed by atoms with E-state index in [0.29, 0.717) is 6.04 Å². The summed E-state index contributed by atoms with van der Waals surface area (Å²) in [5.41, 5.74) is 0. The molecule has 0 atom stereocenters. The zero-order valence-corrected chi connectivity index (χ0v) is 10.2. The number of hydrogen-bond donors (Lipinski definition) is 0. The molecule has 1 aromatic rings. The molecule has 3 heteroatoms. The molecule has 0 radical (unpaired) electrons. The minimum atomic E-state index is 0.427. The van der Waals surface area contributed by atoms with Gasteiger partial charge in [-0.25, -0.2) is 0 Å². The highest BCUT2D eigenvalue weighted by Gasteiger charge is 2.20. The van der Waals surface area contributed by atoms with Crippen molar-refractivity contribution in [3.63, 3.8) is 0 Å². The first-order chi connectivity index (χ1) is 7.90. The molecule has 0 saturated heterocycles. The Morgan fingerprint density at radius 1 is 1.12 bits per heavy atom. The highest BCUT2D eigenvalue weighted by atomic mass is 32.2. The molecule has 0 aliphatic heterocycles. The van der Waals surface area contributed by atoms with E-state index in [9.17, 15) is 4.79 Å². The van der Waals surface area contributed by atoms with Gasteiger partial charge in [-0.1, -0.05) is 37.5 Å². The molecule has 0 N–H and O–H groups in total. The minimum absolute atomic E-state index is 0.427. The summed E-state index contributed by atoms with van der Waals surface area (Å²) in [7, 11) is 0. The molecule has 0 unspecified atom stereocenters. The first kappa shape index (κ1) is 11.5. The standard InChI is InChI=1S/C13H17NOS/c15-11-14(12-7-3-1-4-8-12)16-13-9-5-2-6-10-13/h2,5-6,9-12H,1,3-4,7-8H2. The molecular formula is C13H17NOS. The van der Waals surface area contributed by atoms with Gasteiger partial charge in [-0.15, -0.1) is 0 Å². The summed E-state index contributed by atoms with van der Waals surface area (Å²) in [6.45, 7) is 0. The number of rotatable bonds is 4. The van der Waals surface area contributed by atoms with Crippen LogP contribution in [0, 0.1) is 0 Å². The van der Waals surface area contributed by atoms with Crippen LogP contribution in [0.25, 0.3) is 0 Å². The number of carbonyl (C=O) groups excluding carboxylic acids is 1. The van der Waals surface area contributed by atoms with Crippen LogP contribution in [0.1, 0.15) is 32.1 Å². The summed E-state index contributed by atoms with van der Waals surface area (Å²) in [6.07, 6.45) is 7.11. The number of carbonyl (C=O) groups is 1. The van der Waals surface area contributed by atoms with Crippen LogP contribution in [0.4, 0.5) is 0 Å². The predicted octanol–water partition coefficient (Wildman–Crippen LogP) is 3.48. The van der Waals surface area contributed by atoms with E-state index in [1.54, 1.807) is 11.9 Å². The maximum absolute atomic E-state index is 11.1. The van der Waals surface area contributed by atoms with Gasteiger partial charge in [-0.2, -0.15) is 0 Å². The molecule has 1 saturated carbocycles. The Kier molecular flexibility index (Phi) is 4.28. The Morgan fingerprint density at radius 3 is 2.44 bits per heavy atom. The van der Waals surface area contributed by atoms with Gasteiger partial charge in [-0.05, 0) is 36.9 Å². The van der Waals surface area contributed by atoms with Crippen molar-refractivity contribution in [2.75, 3.05) is 0 Å². The predicted molar refractivity (Wildman–Crippen MR) is 67.1 cm³/mol. The van der Waals surface area contributed by atoms with Crippen LogP contribution in [0.3, 0.4) is 0 Å². The zero-order valence-electron chi connectivity index (χ0n) is 9.34. The second-order valence-corrected chi connectivity index (χ2v) is 5.24. The smallest absolute Gasteiger partial charge is 0.220 e. The fraction of sp³-hybridized carbons (Fsp3) is 0.462. The van der Waals surface area contributed by atoms with Crippen molar-refractivity contribution >= 4 is 18.4 Å². The van der Waals surface area contributed by atoms with E-state index in [1.165, 1.54) is 19.3 Å². The topological polar surface area (TPSA) is 20.3 Å². The van der Waals surface area contributed by atoms with Crippen LogP contribution in [-0.4, -0.2) is 16.8 Å². The van der Waals surface area contributed by atoms with Gasteiger partial charge in [0.05, 0.1) is 0 Å². The van der Waals surface area contributed by atoms with Crippen molar-refractivity contribution < 1.29 is 4.79 Å². The van der Waals surface area contributed by atoms with Gasteiger partial charge in [-0.3, -0.25) is 9.10 Å². The molecule has 86 valence electrons. The first-order valence-corrected chi connectivity index (χ1v) is 6.64. The molecule has 1 aliphatic carbocycles.